The number of likely N-dealkylation sites (tertiary alicyclic amines) is 1. The van der Waals surface area contributed by atoms with Crippen LogP contribution in [0.2, 0.25) is 0 Å². The van der Waals surface area contributed by atoms with Crippen LogP contribution in [0, 0.1) is 0 Å². The third-order valence-corrected chi connectivity index (χ3v) is 8.34. The van der Waals surface area contributed by atoms with E-state index < -0.39 is 11.5 Å². The predicted molar refractivity (Wildman–Crippen MR) is 145 cm³/mol. The van der Waals surface area contributed by atoms with E-state index in [0.717, 1.165) is 31.7 Å². The smallest absolute Gasteiger partial charge is 0.323 e. The maximum absolute atomic E-state index is 13.6. The third kappa shape index (κ3) is 4.86. The standard InChI is InChI=1S/C31H35N3O3/c1-30(25-11-5-2-6-12-25,26-13-7-3-8-14-26)17-20-32-21-18-31(19-22-32)29(37)33(23-28(35)36)24-34(31)27-15-9-4-10-16-27/h2-16H,17-24H2,1H3,(H,35,36). The van der Waals surface area contributed by atoms with E-state index in [4.69, 9.17) is 0 Å². The molecule has 2 aliphatic rings. The summed E-state index contributed by atoms with van der Waals surface area (Å²) < 4.78 is 0. The quantitative estimate of drug-likeness (QED) is 0.493. The van der Waals surface area contributed by atoms with Gasteiger partial charge in [-0.3, -0.25) is 9.59 Å². The molecule has 0 aromatic heterocycles. The molecule has 0 aliphatic carbocycles. The van der Waals surface area contributed by atoms with Crippen LogP contribution in [0.5, 0.6) is 0 Å². The Morgan fingerprint density at radius 1 is 0.865 bits per heavy atom. The maximum atomic E-state index is 13.6. The van der Waals surface area contributed by atoms with Gasteiger partial charge in [0.15, 0.2) is 0 Å². The van der Waals surface area contributed by atoms with Gasteiger partial charge in [-0.1, -0.05) is 85.8 Å². The summed E-state index contributed by atoms with van der Waals surface area (Å²) in [4.78, 5) is 31.1. The number of carbonyl (C=O) groups is 2. The minimum absolute atomic E-state index is 0.0585. The number of para-hydroxylation sites is 1. The van der Waals surface area contributed by atoms with Crippen molar-refractivity contribution in [1.29, 1.82) is 0 Å². The molecule has 3 aromatic carbocycles. The average molecular weight is 498 g/mol. The van der Waals surface area contributed by atoms with Crippen LogP contribution in [-0.2, 0) is 15.0 Å². The van der Waals surface area contributed by atoms with Crippen molar-refractivity contribution in [3.05, 3.63) is 102 Å². The maximum Gasteiger partial charge on any atom is 0.323 e. The minimum atomic E-state index is -0.975. The van der Waals surface area contributed by atoms with E-state index in [2.05, 4.69) is 77.4 Å². The van der Waals surface area contributed by atoms with Gasteiger partial charge in [-0.15, -0.1) is 0 Å². The van der Waals surface area contributed by atoms with Crippen LogP contribution < -0.4 is 4.90 Å². The minimum Gasteiger partial charge on any atom is -0.480 e. The summed E-state index contributed by atoms with van der Waals surface area (Å²) in [5.41, 5.74) is 2.78. The van der Waals surface area contributed by atoms with Gasteiger partial charge in [0.05, 0.1) is 6.67 Å². The first-order valence-corrected chi connectivity index (χ1v) is 13.1. The van der Waals surface area contributed by atoms with Crippen LogP contribution in [0.1, 0.15) is 37.3 Å². The highest BCUT2D eigenvalue weighted by atomic mass is 16.4. The molecule has 0 bridgehead atoms. The Morgan fingerprint density at radius 2 is 1.38 bits per heavy atom. The summed E-state index contributed by atoms with van der Waals surface area (Å²) in [6, 6.07) is 31.3. The average Bonchev–Trinajstić information content (AvgIpc) is 3.19. The van der Waals surface area contributed by atoms with E-state index in [1.807, 2.05) is 30.3 Å². The molecule has 0 radical (unpaired) electrons. The Labute approximate surface area is 219 Å². The molecule has 6 heteroatoms. The second-order valence-electron chi connectivity index (χ2n) is 10.5. The van der Waals surface area contributed by atoms with Gasteiger partial charge in [-0.05, 0) is 49.1 Å². The summed E-state index contributed by atoms with van der Waals surface area (Å²) >= 11 is 0. The topological polar surface area (TPSA) is 64.1 Å². The van der Waals surface area contributed by atoms with Crippen molar-refractivity contribution in [2.24, 2.45) is 0 Å². The van der Waals surface area contributed by atoms with Crippen LogP contribution >= 0.6 is 0 Å². The summed E-state index contributed by atoms with van der Waals surface area (Å²) in [7, 11) is 0. The normalized spacial score (nSPS) is 17.9. The summed E-state index contributed by atoms with van der Waals surface area (Å²) in [5, 5.41) is 9.39. The second-order valence-corrected chi connectivity index (χ2v) is 10.5. The number of aliphatic carboxylic acids is 1. The van der Waals surface area contributed by atoms with Crippen molar-refractivity contribution in [2.75, 3.05) is 37.7 Å². The summed E-state index contributed by atoms with van der Waals surface area (Å²) in [6.45, 7) is 4.90. The number of piperidine rings is 1. The third-order valence-electron chi connectivity index (χ3n) is 8.34. The highest BCUT2D eigenvalue weighted by Gasteiger charge is 2.54. The zero-order chi connectivity index (χ0) is 25.9. The number of hydrogen-bond acceptors (Lipinski definition) is 4. The van der Waals surface area contributed by atoms with Crippen LogP contribution in [0.25, 0.3) is 0 Å². The lowest BCUT2D eigenvalue weighted by Crippen LogP contribution is -2.57. The van der Waals surface area contributed by atoms with Crippen LogP contribution in [0.4, 0.5) is 5.69 Å². The molecule has 2 fully saturated rings. The second kappa shape index (κ2) is 10.4. The fraction of sp³-hybridized carbons (Fsp3) is 0.355. The Bertz CT molecular complexity index is 1170. The first-order valence-electron chi connectivity index (χ1n) is 13.1. The molecule has 1 spiro atoms. The van der Waals surface area contributed by atoms with Crippen molar-refractivity contribution >= 4 is 17.6 Å². The molecule has 192 valence electrons. The van der Waals surface area contributed by atoms with Crippen LogP contribution in [0.15, 0.2) is 91.0 Å². The molecule has 2 heterocycles. The fourth-order valence-corrected chi connectivity index (χ4v) is 6.08. The van der Waals surface area contributed by atoms with E-state index in [1.165, 1.54) is 16.0 Å². The van der Waals surface area contributed by atoms with E-state index in [-0.39, 0.29) is 17.9 Å². The number of carbonyl (C=O) groups excluding carboxylic acids is 1. The molecule has 0 saturated carbocycles. The van der Waals surface area contributed by atoms with E-state index in [9.17, 15) is 14.7 Å². The Hall–Kier alpha value is -3.64. The van der Waals surface area contributed by atoms with Crippen molar-refractivity contribution in [3.63, 3.8) is 0 Å². The zero-order valence-electron chi connectivity index (χ0n) is 21.4. The van der Waals surface area contributed by atoms with Gasteiger partial charge < -0.3 is 19.8 Å². The molecule has 6 nitrogen and oxygen atoms in total. The Balaban J connectivity index is 1.33. The first-order chi connectivity index (χ1) is 17.9. The van der Waals surface area contributed by atoms with Crippen LogP contribution in [0.3, 0.4) is 0 Å². The fourth-order valence-electron chi connectivity index (χ4n) is 6.08. The van der Waals surface area contributed by atoms with Gasteiger partial charge in [0, 0.05) is 24.2 Å². The largest absolute Gasteiger partial charge is 0.480 e. The van der Waals surface area contributed by atoms with Crippen molar-refractivity contribution in [3.8, 4) is 0 Å². The molecule has 37 heavy (non-hydrogen) atoms. The van der Waals surface area contributed by atoms with Crippen molar-refractivity contribution < 1.29 is 14.7 Å². The molecule has 2 aliphatic heterocycles. The first kappa shape index (κ1) is 25.0. The van der Waals surface area contributed by atoms with Gasteiger partial charge in [-0.25, -0.2) is 0 Å². The van der Waals surface area contributed by atoms with Gasteiger partial charge >= 0.3 is 5.97 Å². The summed E-state index contributed by atoms with van der Waals surface area (Å²) in [6.07, 6.45) is 2.34. The number of carboxylic acid groups (broad SMARTS) is 1. The Morgan fingerprint density at radius 3 is 1.89 bits per heavy atom. The number of rotatable bonds is 8. The van der Waals surface area contributed by atoms with Crippen LogP contribution in [-0.4, -0.2) is 65.2 Å². The highest BCUT2D eigenvalue weighted by Crippen LogP contribution is 2.40. The monoisotopic (exact) mass is 497 g/mol. The molecule has 1 N–H and O–H groups in total. The van der Waals surface area contributed by atoms with Gasteiger partial charge in [0.25, 0.3) is 5.91 Å². The molecule has 2 saturated heterocycles. The Kier molecular flexibility index (Phi) is 7.02. The molecule has 5 rings (SSSR count). The van der Waals surface area contributed by atoms with E-state index in [1.54, 1.807) is 0 Å². The van der Waals surface area contributed by atoms with Gasteiger partial charge in [-0.2, -0.15) is 0 Å². The van der Waals surface area contributed by atoms with Gasteiger partial charge in [0.2, 0.25) is 0 Å². The molecule has 1 amide bonds. The molecular weight excluding hydrogens is 462 g/mol. The number of carboxylic acids is 1. The van der Waals surface area contributed by atoms with Gasteiger partial charge in [0.1, 0.15) is 12.1 Å². The molecule has 0 atom stereocenters. The molecular formula is C31H35N3O3. The number of benzene rings is 3. The zero-order valence-corrected chi connectivity index (χ0v) is 21.4. The lowest BCUT2D eigenvalue weighted by molar-refractivity contribution is -0.144. The lowest BCUT2D eigenvalue weighted by atomic mass is 9.73. The number of amides is 1. The van der Waals surface area contributed by atoms with Crippen molar-refractivity contribution in [2.45, 2.75) is 37.1 Å². The molecule has 0 unspecified atom stereocenters. The van der Waals surface area contributed by atoms with Crippen molar-refractivity contribution in [1.82, 2.24) is 9.80 Å². The van der Waals surface area contributed by atoms with E-state index >= 15 is 0 Å². The number of hydrogen-bond donors (Lipinski definition) is 1. The SMILES string of the molecule is CC(CCN1CCC2(CC1)C(=O)N(CC(=O)O)CN2c1ccccc1)(c1ccccc1)c1ccccc1. The number of nitrogens with zero attached hydrogens (tertiary/aromatic N) is 3. The molecule has 3 aromatic rings. The summed E-state index contributed by atoms with van der Waals surface area (Å²) in [5.74, 6) is -1.03. The predicted octanol–water partition coefficient (Wildman–Crippen LogP) is 4.61. The highest BCUT2D eigenvalue weighted by molar-refractivity contribution is 5.95. The number of anilines is 1. The van der Waals surface area contributed by atoms with E-state index in [0.29, 0.717) is 19.5 Å². The lowest BCUT2D eigenvalue weighted by Gasteiger charge is -2.44.